The van der Waals surface area contributed by atoms with Gasteiger partial charge in [0.2, 0.25) is 0 Å². The molecule has 0 unspecified atom stereocenters. The SMILES string of the molecule is N#Cc1[nH]nnc1-c1cc(/C=C/c2ccc(C(F)(F)F)cc2)cc(C(F)(F)F)c1. The lowest BCUT2D eigenvalue weighted by atomic mass is 10.0. The van der Waals surface area contributed by atoms with Crippen molar-refractivity contribution in [3.63, 3.8) is 0 Å². The fraction of sp³-hybridized carbons (Fsp3) is 0.105. The first-order valence-corrected chi connectivity index (χ1v) is 7.97. The van der Waals surface area contributed by atoms with Crippen LogP contribution in [0.4, 0.5) is 26.3 Å². The van der Waals surface area contributed by atoms with Crippen molar-refractivity contribution in [2.45, 2.75) is 12.4 Å². The van der Waals surface area contributed by atoms with Crippen LogP contribution in [0, 0.1) is 11.3 Å². The molecular formula is C19H10F6N4. The minimum atomic E-state index is -4.65. The summed E-state index contributed by atoms with van der Waals surface area (Å²) in [6, 6.07) is 9.03. The minimum absolute atomic E-state index is 0.0252. The third-order valence-electron chi connectivity index (χ3n) is 3.92. The molecule has 0 aliphatic carbocycles. The van der Waals surface area contributed by atoms with E-state index in [0.29, 0.717) is 5.56 Å². The van der Waals surface area contributed by atoms with E-state index in [2.05, 4.69) is 15.4 Å². The van der Waals surface area contributed by atoms with Crippen LogP contribution in [-0.2, 0) is 12.4 Å². The number of hydrogen-bond acceptors (Lipinski definition) is 3. The summed E-state index contributed by atoms with van der Waals surface area (Å²) in [4.78, 5) is 0. The zero-order chi connectivity index (χ0) is 21.2. The van der Waals surface area contributed by atoms with Crippen molar-refractivity contribution >= 4 is 12.2 Å². The van der Waals surface area contributed by atoms with Crippen molar-refractivity contribution < 1.29 is 26.3 Å². The van der Waals surface area contributed by atoms with E-state index in [1.807, 2.05) is 0 Å². The molecule has 10 heteroatoms. The van der Waals surface area contributed by atoms with Crippen molar-refractivity contribution in [1.82, 2.24) is 15.4 Å². The van der Waals surface area contributed by atoms with Gasteiger partial charge in [0.05, 0.1) is 11.1 Å². The molecule has 0 saturated carbocycles. The molecule has 0 fully saturated rings. The quantitative estimate of drug-likeness (QED) is 0.456. The van der Waals surface area contributed by atoms with Gasteiger partial charge in [0, 0.05) is 5.56 Å². The van der Waals surface area contributed by atoms with Crippen molar-refractivity contribution in [3.05, 3.63) is 70.4 Å². The Morgan fingerprint density at radius 1 is 0.828 bits per heavy atom. The second-order valence-electron chi connectivity index (χ2n) is 5.94. The second kappa shape index (κ2) is 7.43. The third-order valence-corrected chi connectivity index (χ3v) is 3.92. The van der Waals surface area contributed by atoms with Crippen molar-refractivity contribution in [2.24, 2.45) is 0 Å². The first-order chi connectivity index (χ1) is 13.6. The summed E-state index contributed by atoms with van der Waals surface area (Å²) in [7, 11) is 0. The molecule has 0 aliphatic rings. The maximum absolute atomic E-state index is 13.3. The maximum Gasteiger partial charge on any atom is 0.416 e. The van der Waals surface area contributed by atoms with E-state index in [-0.39, 0.29) is 22.5 Å². The Bertz CT molecular complexity index is 1090. The Hall–Kier alpha value is -3.61. The molecule has 1 aromatic heterocycles. The first-order valence-electron chi connectivity index (χ1n) is 7.97. The van der Waals surface area contributed by atoms with Gasteiger partial charge in [0.1, 0.15) is 11.8 Å². The van der Waals surface area contributed by atoms with Gasteiger partial charge in [-0.1, -0.05) is 29.5 Å². The van der Waals surface area contributed by atoms with Gasteiger partial charge < -0.3 is 0 Å². The topological polar surface area (TPSA) is 65.4 Å². The van der Waals surface area contributed by atoms with Gasteiger partial charge >= 0.3 is 12.4 Å². The third kappa shape index (κ3) is 4.63. The molecule has 1 N–H and O–H groups in total. The standard InChI is InChI=1S/C19H10F6N4/c20-18(21,22)14-5-3-11(4-6-14)1-2-12-7-13(9-15(8-12)19(23,24)25)17-16(10-26)27-29-28-17/h1-9H,(H,27,28,29)/b2-1+. The average Bonchev–Trinajstić information content (AvgIpc) is 3.14. The zero-order valence-electron chi connectivity index (χ0n) is 14.3. The van der Waals surface area contributed by atoms with Crippen LogP contribution in [0.25, 0.3) is 23.4 Å². The summed E-state index contributed by atoms with van der Waals surface area (Å²) >= 11 is 0. The largest absolute Gasteiger partial charge is 0.416 e. The van der Waals surface area contributed by atoms with Gasteiger partial charge in [-0.2, -0.15) is 31.6 Å². The number of aromatic amines is 1. The Kier molecular flexibility index (Phi) is 5.16. The molecule has 0 spiro atoms. The molecule has 3 aromatic rings. The van der Waals surface area contributed by atoms with Crippen LogP contribution in [0.5, 0.6) is 0 Å². The highest BCUT2D eigenvalue weighted by molar-refractivity contribution is 5.74. The van der Waals surface area contributed by atoms with Gasteiger partial charge in [-0.25, -0.2) is 5.10 Å². The Labute approximate surface area is 160 Å². The molecule has 0 saturated heterocycles. The smallest absolute Gasteiger partial charge is 0.247 e. The van der Waals surface area contributed by atoms with Crippen molar-refractivity contribution in [3.8, 4) is 17.3 Å². The molecular weight excluding hydrogens is 398 g/mol. The number of hydrogen-bond donors (Lipinski definition) is 1. The molecule has 1 heterocycles. The molecule has 0 amide bonds. The summed E-state index contributed by atoms with van der Waals surface area (Å²) in [5.74, 6) is 0. The van der Waals surface area contributed by atoms with E-state index in [0.717, 1.165) is 24.3 Å². The number of nitriles is 1. The highest BCUT2D eigenvalue weighted by Gasteiger charge is 2.32. The number of aromatic nitrogens is 3. The van der Waals surface area contributed by atoms with Gasteiger partial charge in [0.25, 0.3) is 0 Å². The summed E-state index contributed by atoms with van der Waals surface area (Å²) < 4.78 is 77.6. The van der Waals surface area contributed by atoms with Crippen LogP contribution in [0.2, 0.25) is 0 Å². The average molecular weight is 408 g/mol. The second-order valence-corrected chi connectivity index (χ2v) is 5.94. The van der Waals surface area contributed by atoms with Crippen LogP contribution in [0.3, 0.4) is 0 Å². The summed E-state index contributed by atoms with van der Waals surface area (Å²) in [6.45, 7) is 0. The van der Waals surface area contributed by atoms with Gasteiger partial charge in [0.15, 0.2) is 5.69 Å². The fourth-order valence-corrected chi connectivity index (χ4v) is 2.53. The fourth-order valence-electron chi connectivity index (χ4n) is 2.53. The number of nitrogens with zero attached hydrogens (tertiary/aromatic N) is 3. The predicted octanol–water partition coefficient (Wildman–Crippen LogP) is 5.55. The van der Waals surface area contributed by atoms with E-state index in [4.69, 9.17) is 5.26 Å². The van der Waals surface area contributed by atoms with E-state index < -0.39 is 23.5 Å². The van der Waals surface area contributed by atoms with Gasteiger partial charge in [-0.05, 0) is 41.5 Å². The molecule has 0 aliphatic heterocycles. The number of benzene rings is 2. The number of nitrogens with one attached hydrogen (secondary N) is 1. The summed E-state index contributed by atoms with van der Waals surface area (Å²) in [5, 5.41) is 18.4. The monoisotopic (exact) mass is 408 g/mol. The highest BCUT2D eigenvalue weighted by Crippen LogP contribution is 2.34. The van der Waals surface area contributed by atoms with E-state index in [9.17, 15) is 26.3 Å². The van der Waals surface area contributed by atoms with Gasteiger partial charge in [-0.3, -0.25) is 0 Å². The normalized spacial score (nSPS) is 12.3. The number of H-pyrrole nitrogens is 1. The van der Waals surface area contributed by atoms with Crippen molar-refractivity contribution in [1.29, 1.82) is 5.26 Å². The summed E-state index contributed by atoms with van der Waals surface area (Å²) in [5.41, 5.74) is -1.40. The maximum atomic E-state index is 13.3. The number of alkyl halides is 6. The Morgan fingerprint density at radius 2 is 1.45 bits per heavy atom. The summed E-state index contributed by atoms with van der Waals surface area (Å²) in [6.07, 6.45) is -6.42. The lowest BCUT2D eigenvalue weighted by Gasteiger charge is -2.10. The molecule has 2 aromatic carbocycles. The number of rotatable bonds is 3. The van der Waals surface area contributed by atoms with Crippen molar-refractivity contribution in [2.75, 3.05) is 0 Å². The molecule has 0 atom stereocenters. The van der Waals surface area contributed by atoms with E-state index >= 15 is 0 Å². The molecule has 0 bridgehead atoms. The van der Waals surface area contributed by atoms with Crippen LogP contribution in [-0.4, -0.2) is 15.4 Å². The lowest BCUT2D eigenvalue weighted by molar-refractivity contribution is -0.138. The van der Waals surface area contributed by atoms with E-state index in [1.165, 1.54) is 30.4 Å². The predicted molar refractivity (Wildman–Crippen MR) is 91.9 cm³/mol. The highest BCUT2D eigenvalue weighted by atomic mass is 19.4. The number of halogens is 6. The molecule has 148 valence electrons. The molecule has 4 nitrogen and oxygen atoms in total. The minimum Gasteiger partial charge on any atom is -0.247 e. The van der Waals surface area contributed by atoms with Crippen LogP contribution in [0.15, 0.2) is 42.5 Å². The Morgan fingerprint density at radius 3 is 2.03 bits per heavy atom. The molecule has 0 radical (unpaired) electrons. The van der Waals surface area contributed by atoms with Crippen LogP contribution in [0.1, 0.15) is 27.9 Å². The molecule has 3 rings (SSSR count). The first kappa shape index (κ1) is 20.1. The van der Waals surface area contributed by atoms with Crippen LogP contribution < -0.4 is 0 Å². The van der Waals surface area contributed by atoms with E-state index in [1.54, 1.807) is 6.07 Å². The lowest BCUT2D eigenvalue weighted by Crippen LogP contribution is -2.05. The Balaban J connectivity index is 1.99. The van der Waals surface area contributed by atoms with Crippen LogP contribution >= 0.6 is 0 Å². The zero-order valence-corrected chi connectivity index (χ0v) is 14.3. The van der Waals surface area contributed by atoms with Gasteiger partial charge in [-0.15, -0.1) is 5.10 Å². The molecule has 29 heavy (non-hydrogen) atoms.